The Labute approximate surface area is 143 Å². The van der Waals surface area contributed by atoms with Crippen LogP contribution < -0.4 is 16.4 Å². The van der Waals surface area contributed by atoms with E-state index in [1.54, 1.807) is 4.90 Å². The zero-order chi connectivity index (χ0) is 16.3. The number of halogens is 1. The number of amides is 3. The summed E-state index contributed by atoms with van der Waals surface area (Å²) in [5, 5.41) is 5.50. The van der Waals surface area contributed by atoms with E-state index >= 15 is 0 Å². The molecule has 1 aliphatic heterocycles. The van der Waals surface area contributed by atoms with E-state index in [-0.39, 0.29) is 48.6 Å². The van der Waals surface area contributed by atoms with Crippen molar-refractivity contribution in [2.45, 2.75) is 57.7 Å². The molecule has 2 rings (SSSR count). The van der Waals surface area contributed by atoms with Crippen molar-refractivity contribution in [3.05, 3.63) is 0 Å². The van der Waals surface area contributed by atoms with E-state index in [1.165, 1.54) is 0 Å². The third-order valence-corrected chi connectivity index (χ3v) is 4.23. The van der Waals surface area contributed by atoms with Crippen LogP contribution in [0.2, 0.25) is 0 Å². The summed E-state index contributed by atoms with van der Waals surface area (Å²) in [6.07, 6.45) is 3.54. The number of nitrogens with one attached hydrogen (secondary N) is 2. The number of nitrogens with zero attached hydrogens (tertiary/aromatic N) is 1. The molecule has 2 aliphatic rings. The van der Waals surface area contributed by atoms with Gasteiger partial charge in [-0.05, 0) is 31.6 Å². The molecule has 0 aromatic rings. The minimum Gasteiger partial charge on any atom is -0.352 e. The standard InChI is InChI=1S/C15H26N4O3.ClH/c1-9(2)13(16)15(22)17-8-12(20)19-7-3-4-11(19)14(21)18-10-5-6-10;/h9-11,13H,3-8,16H2,1-2H3,(H,17,22)(H,18,21);1H/t11?,13-;/m0./s1. The first-order valence-electron chi connectivity index (χ1n) is 8.03. The van der Waals surface area contributed by atoms with E-state index < -0.39 is 12.1 Å². The number of likely N-dealkylation sites (tertiary alicyclic amines) is 1. The van der Waals surface area contributed by atoms with Crippen LogP contribution >= 0.6 is 12.4 Å². The molecule has 23 heavy (non-hydrogen) atoms. The third-order valence-electron chi connectivity index (χ3n) is 4.23. The Morgan fingerprint density at radius 1 is 1.22 bits per heavy atom. The quantitative estimate of drug-likeness (QED) is 0.618. The lowest BCUT2D eigenvalue weighted by molar-refractivity contribution is -0.138. The Bertz CT molecular complexity index is 454. The maximum absolute atomic E-state index is 12.2. The maximum atomic E-state index is 12.2. The number of hydrogen-bond acceptors (Lipinski definition) is 4. The van der Waals surface area contributed by atoms with Crippen LogP contribution in [0.4, 0.5) is 0 Å². The fraction of sp³-hybridized carbons (Fsp3) is 0.800. The lowest BCUT2D eigenvalue weighted by atomic mass is 10.1. The lowest BCUT2D eigenvalue weighted by Gasteiger charge is -2.24. The molecule has 0 bridgehead atoms. The van der Waals surface area contributed by atoms with Crippen molar-refractivity contribution in [3.63, 3.8) is 0 Å². The van der Waals surface area contributed by atoms with Gasteiger partial charge in [0.25, 0.3) is 0 Å². The molecule has 132 valence electrons. The average molecular weight is 347 g/mol. The minimum atomic E-state index is -0.625. The minimum absolute atomic E-state index is 0. The molecule has 1 unspecified atom stereocenters. The van der Waals surface area contributed by atoms with E-state index in [9.17, 15) is 14.4 Å². The smallest absolute Gasteiger partial charge is 0.243 e. The fourth-order valence-electron chi connectivity index (χ4n) is 2.55. The highest BCUT2D eigenvalue weighted by atomic mass is 35.5. The first-order valence-corrected chi connectivity index (χ1v) is 8.03. The average Bonchev–Trinajstić information content (AvgIpc) is 3.15. The van der Waals surface area contributed by atoms with Crippen molar-refractivity contribution >= 4 is 30.1 Å². The SMILES string of the molecule is CC(C)[C@H](N)C(=O)NCC(=O)N1CCCC1C(=O)NC1CC1.Cl. The summed E-state index contributed by atoms with van der Waals surface area (Å²) in [5.41, 5.74) is 5.74. The van der Waals surface area contributed by atoms with Crippen LogP contribution in [-0.4, -0.2) is 53.8 Å². The van der Waals surface area contributed by atoms with Gasteiger partial charge in [0.1, 0.15) is 6.04 Å². The molecule has 3 amide bonds. The van der Waals surface area contributed by atoms with Crippen molar-refractivity contribution in [2.24, 2.45) is 11.7 Å². The van der Waals surface area contributed by atoms with Gasteiger partial charge in [-0.2, -0.15) is 0 Å². The number of nitrogens with two attached hydrogens (primary N) is 1. The fourth-order valence-corrected chi connectivity index (χ4v) is 2.55. The molecular formula is C15H27ClN4O3. The van der Waals surface area contributed by atoms with Gasteiger partial charge >= 0.3 is 0 Å². The molecule has 0 aromatic heterocycles. The molecule has 1 saturated carbocycles. The molecule has 0 aromatic carbocycles. The molecule has 0 radical (unpaired) electrons. The maximum Gasteiger partial charge on any atom is 0.243 e. The molecule has 1 aliphatic carbocycles. The number of carbonyl (C=O) groups is 3. The van der Waals surface area contributed by atoms with Gasteiger partial charge in [0.2, 0.25) is 17.7 Å². The number of hydrogen-bond donors (Lipinski definition) is 3. The Balaban J connectivity index is 0.00000264. The largest absolute Gasteiger partial charge is 0.352 e. The Morgan fingerprint density at radius 2 is 1.87 bits per heavy atom. The normalized spacial score (nSPS) is 21.6. The topological polar surface area (TPSA) is 105 Å². The van der Waals surface area contributed by atoms with Gasteiger partial charge in [0, 0.05) is 12.6 Å². The summed E-state index contributed by atoms with van der Waals surface area (Å²) in [7, 11) is 0. The summed E-state index contributed by atoms with van der Waals surface area (Å²) in [4.78, 5) is 37.7. The van der Waals surface area contributed by atoms with Crippen LogP contribution in [0.1, 0.15) is 39.5 Å². The summed E-state index contributed by atoms with van der Waals surface area (Å²) in [6, 6.07) is -0.738. The van der Waals surface area contributed by atoms with Gasteiger partial charge in [-0.25, -0.2) is 0 Å². The van der Waals surface area contributed by atoms with Crippen molar-refractivity contribution in [1.82, 2.24) is 15.5 Å². The second kappa shape index (κ2) is 8.49. The monoisotopic (exact) mass is 346 g/mol. The number of rotatable bonds is 6. The Hall–Kier alpha value is -1.34. The van der Waals surface area contributed by atoms with Crippen LogP contribution in [0, 0.1) is 5.92 Å². The van der Waals surface area contributed by atoms with E-state index in [2.05, 4.69) is 10.6 Å². The highest BCUT2D eigenvalue weighted by Gasteiger charge is 2.36. The van der Waals surface area contributed by atoms with Crippen molar-refractivity contribution in [3.8, 4) is 0 Å². The molecule has 4 N–H and O–H groups in total. The molecule has 7 nitrogen and oxygen atoms in total. The summed E-state index contributed by atoms with van der Waals surface area (Å²) in [5.74, 6) is -0.614. The highest BCUT2D eigenvalue weighted by molar-refractivity contribution is 5.91. The zero-order valence-corrected chi connectivity index (χ0v) is 14.5. The van der Waals surface area contributed by atoms with Crippen molar-refractivity contribution < 1.29 is 14.4 Å². The van der Waals surface area contributed by atoms with Crippen LogP contribution in [0.3, 0.4) is 0 Å². The predicted octanol–water partition coefficient (Wildman–Crippen LogP) is -0.223. The van der Waals surface area contributed by atoms with Crippen LogP contribution in [0.5, 0.6) is 0 Å². The Morgan fingerprint density at radius 3 is 2.43 bits per heavy atom. The molecule has 2 atom stereocenters. The molecule has 8 heteroatoms. The third kappa shape index (κ3) is 5.35. The van der Waals surface area contributed by atoms with Crippen molar-refractivity contribution in [1.29, 1.82) is 0 Å². The highest BCUT2D eigenvalue weighted by Crippen LogP contribution is 2.22. The Kier molecular flexibility index (Phi) is 7.28. The second-order valence-electron chi connectivity index (χ2n) is 6.52. The molecule has 2 fully saturated rings. The van der Waals surface area contributed by atoms with Gasteiger partial charge in [-0.1, -0.05) is 13.8 Å². The van der Waals surface area contributed by atoms with Gasteiger partial charge in [0.05, 0.1) is 12.6 Å². The van der Waals surface area contributed by atoms with Gasteiger partial charge < -0.3 is 21.3 Å². The molecule has 0 spiro atoms. The van der Waals surface area contributed by atoms with E-state index in [4.69, 9.17) is 5.73 Å². The zero-order valence-electron chi connectivity index (χ0n) is 13.7. The summed E-state index contributed by atoms with van der Waals surface area (Å²) in [6.45, 7) is 4.16. The second-order valence-corrected chi connectivity index (χ2v) is 6.52. The molecular weight excluding hydrogens is 320 g/mol. The summed E-state index contributed by atoms with van der Waals surface area (Å²) < 4.78 is 0. The van der Waals surface area contributed by atoms with Gasteiger partial charge in [-0.15, -0.1) is 12.4 Å². The molecule has 1 saturated heterocycles. The van der Waals surface area contributed by atoms with Gasteiger partial charge in [0.15, 0.2) is 0 Å². The van der Waals surface area contributed by atoms with Gasteiger partial charge in [-0.3, -0.25) is 14.4 Å². The van der Waals surface area contributed by atoms with Crippen LogP contribution in [0.25, 0.3) is 0 Å². The van der Waals surface area contributed by atoms with E-state index in [0.29, 0.717) is 13.0 Å². The van der Waals surface area contributed by atoms with Crippen LogP contribution in [-0.2, 0) is 14.4 Å². The van der Waals surface area contributed by atoms with E-state index in [1.807, 2.05) is 13.8 Å². The summed E-state index contributed by atoms with van der Waals surface area (Å²) >= 11 is 0. The first kappa shape index (κ1) is 19.7. The molecule has 1 heterocycles. The number of carbonyl (C=O) groups excluding carboxylic acids is 3. The predicted molar refractivity (Wildman–Crippen MR) is 89.0 cm³/mol. The first-order chi connectivity index (χ1) is 10.4. The lowest BCUT2D eigenvalue weighted by Crippen LogP contribution is -2.51. The van der Waals surface area contributed by atoms with Crippen molar-refractivity contribution in [2.75, 3.05) is 13.1 Å². The van der Waals surface area contributed by atoms with Crippen LogP contribution in [0.15, 0.2) is 0 Å². The van der Waals surface area contributed by atoms with E-state index in [0.717, 1.165) is 19.3 Å².